The smallest absolute Gasteiger partial charge is 0.259 e. The van der Waals surface area contributed by atoms with Crippen molar-refractivity contribution in [3.8, 4) is 0 Å². The Kier molecular flexibility index (Phi) is 4.26. The fraction of sp³-hybridized carbons (Fsp3) is 0.0526. The number of para-hydroxylation sites is 1. The molecule has 0 spiro atoms. The normalized spacial score (nSPS) is 10.9. The minimum atomic E-state index is -0.156. The van der Waals surface area contributed by atoms with Crippen molar-refractivity contribution in [1.82, 2.24) is 9.55 Å². The molecule has 4 rings (SSSR count). The van der Waals surface area contributed by atoms with Crippen LogP contribution in [0.15, 0.2) is 66.3 Å². The van der Waals surface area contributed by atoms with Crippen LogP contribution >= 0.6 is 22.9 Å². The molecule has 0 radical (unpaired) electrons. The Morgan fingerprint density at radius 3 is 2.88 bits per heavy atom. The van der Waals surface area contributed by atoms with E-state index in [1.165, 1.54) is 11.3 Å². The third-order valence-electron chi connectivity index (χ3n) is 3.93. The second kappa shape index (κ2) is 6.70. The zero-order chi connectivity index (χ0) is 17.2. The van der Waals surface area contributed by atoms with Gasteiger partial charge in [-0.1, -0.05) is 41.9 Å². The van der Waals surface area contributed by atoms with Crippen LogP contribution in [-0.2, 0) is 6.54 Å². The van der Waals surface area contributed by atoms with E-state index in [2.05, 4.69) is 14.9 Å². The monoisotopic (exact) mass is 367 g/mol. The van der Waals surface area contributed by atoms with Crippen LogP contribution in [0.25, 0.3) is 10.9 Å². The molecule has 0 unspecified atom stereocenters. The number of hydrogen-bond acceptors (Lipinski definition) is 3. The lowest BCUT2D eigenvalue weighted by atomic mass is 10.1. The molecule has 0 bridgehead atoms. The van der Waals surface area contributed by atoms with Crippen molar-refractivity contribution in [2.75, 3.05) is 5.32 Å². The number of benzene rings is 2. The number of amides is 1. The van der Waals surface area contributed by atoms with E-state index in [0.717, 1.165) is 16.5 Å². The SMILES string of the molecule is O=C(Nc1nccs1)c1cn(Cc2cccc(Cl)c2)c2ccccc12. The predicted molar refractivity (Wildman–Crippen MR) is 103 cm³/mol. The van der Waals surface area contributed by atoms with Crippen molar-refractivity contribution in [2.45, 2.75) is 6.54 Å². The summed E-state index contributed by atoms with van der Waals surface area (Å²) in [5, 5.41) is 6.90. The molecule has 0 aliphatic heterocycles. The van der Waals surface area contributed by atoms with Gasteiger partial charge in [0.25, 0.3) is 5.91 Å². The molecule has 4 aromatic rings. The van der Waals surface area contributed by atoms with Crippen LogP contribution in [0.1, 0.15) is 15.9 Å². The highest BCUT2D eigenvalue weighted by molar-refractivity contribution is 7.13. The van der Waals surface area contributed by atoms with Crippen molar-refractivity contribution < 1.29 is 4.79 Å². The number of fused-ring (bicyclic) bond motifs is 1. The van der Waals surface area contributed by atoms with Gasteiger partial charge < -0.3 is 4.57 Å². The molecule has 0 saturated carbocycles. The summed E-state index contributed by atoms with van der Waals surface area (Å²) in [6, 6.07) is 15.6. The van der Waals surface area contributed by atoms with Gasteiger partial charge in [0.1, 0.15) is 0 Å². The topological polar surface area (TPSA) is 46.9 Å². The Labute approximate surface area is 153 Å². The summed E-state index contributed by atoms with van der Waals surface area (Å²) < 4.78 is 2.07. The van der Waals surface area contributed by atoms with E-state index in [4.69, 9.17) is 11.6 Å². The standard InChI is InChI=1S/C19H14ClN3OS/c20-14-5-3-4-13(10-14)11-23-12-16(15-6-1-2-7-17(15)23)18(24)22-19-21-8-9-25-19/h1-10,12H,11H2,(H,21,22,24). The van der Waals surface area contributed by atoms with Crippen molar-refractivity contribution in [1.29, 1.82) is 0 Å². The van der Waals surface area contributed by atoms with Crippen molar-refractivity contribution in [3.05, 3.63) is 82.5 Å². The summed E-state index contributed by atoms with van der Waals surface area (Å²) in [5.74, 6) is -0.156. The van der Waals surface area contributed by atoms with Gasteiger partial charge in [-0.2, -0.15) is 0 Å². The van der Waals surface area contributed by atoms with Crippen LogP contribution < -0.4 is 5.32 Å². The summed E-state index contributed by atoms with van der Waals surface area (Å²) in [5.41, 5.74) is 2.72. The van der Waals surface area contributed by atoms with E-state index in [9.17, 15) is 4.79 Å². The van der Waals surface area contributed by atoms with Gasteiger partial charge in [-0.15, -0.1) is 11.3 Å². The van der Waals surface area contributed by atoms with Crippen LogP contribution in [0, 0.1) is 0 Å². The zero-order valence-electron chi connectivity index (χ0n) is 13.1. The Morgan fingerprint density at radius 1 is 1.20 bits per heavy atom. The summed E-state index contributed by atoms with van der Waals surface area (Å²) in [7, 11) is 0. The highest BCUT2D eigenvalue weighted by Gasteiger charge is 2.16. The number of rotatable bonds is 4. The van der Waals surface area contributed by atoms with E-state index in [1.807, 2.05) is 60.1 Å². The molecule has 0 atom stereocenters. The number of nitrogens with one attached hydrogen (secondary N) is 1. The fourth-order valence-electron chi connectivity index (χ4n) is 2.84. The molecular formula is C19H14ClN3OS. The van der Waals surface area contributed by atoms with Gasteiger partial charge in [-0.05, 0) is 23.8 Å². The number of carbonyl (C=O) groups excluding carboxylic acids is 1. The maximum atomic E-state index is 12.7. The van der Waals surface area contributed by atoms with Crippen LogP contribution in [0.4, 0.5) is 5.13 Å². The quantitative estimate of drug-likeness (QED) is 0.548. The highest BCUT2D eigenvalue weighted by Crippen LogP contribution is 2.24. The number of anilines is 1. The highest BCUT2D eigenvalue weighted by atomic mass is 35.5. The first kappa shape index (κ1) is 15.9. The number of nitrogens with zero attached hydrogens (tertiary/aromatic N) is 2. The molecule has 0 fully saturated rings. The molecule has 25 heavy (non-hydrogen) atoms. The van der Waals surface area contributed by atoms with E-state index in [-0.39, 0.29) is 5.91 Å². The lowest BCUT2D eigenvalue weighted by molar-refractivity contribution is 0.102. The molecule has 2 heterocycles. The van der Waals surface area contributed by atoms with Crippen LogP contribution in [0.5, 0.6) is 0 Å². The van der Waals surface area contributed by atoms with Crippen LogP contribution in [0.2, 0.25) is 5.02 Å². The molecular weight excluding hydrogens is 354 g/mol. The summed E-state index contributed by atoms with van der Waals surface area (Å²) in [6.07, 6.45) is 3.55. The minimum Gasteiger partial charge on any atom is -0.342 e. The fourth-order valence-corrected chi connectivity index (χ4v) is 3.58. The number of halogens is 1. The van der Waals surface area contributed by atoms with Crippen molar-refractivity contribution in [2.24, 2.45) is 0 Å². The zero-order valence-corrected chi connectivity index (χ0v) is 14.7. The third-order valence-corrected chi connectivity index (χ3v) is 4.85. The van der Waals surface area contributed by atoms with Gasteiger partial charge in [0.05, 0.1) is 5.56 Å². The van der Waals surface area contributed by atoms with Crippen molar-refractivity contribution >= 4 is 44.9 Å². The summed E-state index contributed by atoms with van der Waals surface area (Å²) in [4.78, 5) is 16.8. The van der Waals surface area contributed by atoms with E-state index < -0.39 is 0 Å². The average molecular weight is 368 g/mol. The molecule has 1 N–H and O–H groups in total. The first-order valence-electron chi connectivity index (χ1n) is 7.74. The largest absolute Gasteiger partial charge is 0.342 e. The first-order valence-corrected chi connectivity index (χ1v) is 8.99. The maximum absolute atomic E-state index is 12.7. The molecule has 6 heteroatoms. The Bertz CT molecular complexity index is 1040. The average Bonchev–Trinajstić information content (AvgIpc) is 3.23. The molecule has 0 aliphatic rings. The van der Waals surface area contributed by atoms with Gasteiger partial charge in [-0.3, -0.25) is 10.1 Å². The van der Waals surface area contributed by atoms with Gasteiger partial charge in [0, 0.05) is 40.2 Å². The number of thiazole rings is 1. The number of aromatic nitrogens is 2. The van der Waals surface area contributed by atoms with E-state index in [0.29, 0.717) is 22.3 Å². The van der Waals surface area contributed by atoms with Crippen LogP contribution in [-0.4, -0.2) is 15.5 Å². The minimum absolute atomic E-state index is 0.156. The number of hydrogen-bond donors (Lipinski definition) is 1. The van der Waals surface area contributed by atoms with Crippen molar-refractivity contribution in [3.63, 3.8) is 0 Å². The molecule has 124 valence electrons. The molecule has 2 aromatic carbocycles. The third kappa shape index (κ3) is 3.29. The van der Waals surface area contributed by atoms with Gasteiger partial charge in [0.2, 0.25) is 0 Å². The Balaban J connectivity index is 1.72. The van der Waals surface area contributed by atoms with E-state index in [1.54, 1.807) is 6.20 Å². The Morgan fingerprint density at radius 2 is 2.08 bits per heavy atom. The van der Waals surface area contributed by atoms with Gasteiger partial charge in [0.15, 0.2) is 5.13 Å². The molecule has 4 nitrogen and oxygen atoms in total. The first-order chi connectivity index (χ1) is 12.2. The predicted octanol–water partition coefficient (Wildman–Crippen LogP) is 5.05. The molecule has 0 saturated heterocycles. The van der Waals surface area contributed by atoms with Crippen LogP contribution in [0.3, 0.4) is 0 Å². The molecule has 1 amide bonds. The Hall–Kier alpha value is -2.63. The van der Waals surface area contributed by atoms with Gasteiger partial charge in [-0.25, -0.2) is 4.98 Å². The summed E-state index contributed by atoms with van der Waals surface area (Å²) >= 11 is 7.48. The molecule has 0 aliphatic carbocycles. The second-order valence-electron chi connectivity index (χ2n) is 5.61. The lowest BCUT2D eigenvalue weighted by Crippen LogP contribution is -2.11. The molecule has 2 aromatic heterocycles. The lowest BCUT2D eigenvalue weighted by Gasteiger charge is -2.05. The van der Waals surface area contributed by atoms with E-state index >= 15 is 0 Å². The maximum Gasteiger partial charge on any atom is 0.259 e. The van der Waals surface area contributed by atoms with Gasteiger partial charge >= 0.3 is 0 Å². The second-order valence-corrected chi connectivity index (χ2v) is 6.94. The summed E-state index contributed by atoms with van der Waals surface area (Å²) in [6.45, 7) is 0.644. The number of carbonyl (C=O) groups is 1.